The normalized spacial score (nSPS) is 22.5. The van der Waals surface area contributed by atoms with Crippen molar-refractivity contribution in [2.24, 2.45) is 0 Å². The number of rotatable bonds is 4. The lowest BCUT2D eigenvalue weighted by atomic mass is 9.98. The van der Waals surface area contributed by atoms with E-state index in [-0.39, 0.29) is 24.7 Å². The predicted molar refractivity (Wildman–Crippen MR) is 80.2 cm³/mol. The first-order valence-corrected chi connectivity index (χ1v) is 8.39. The van der Waals surface area contributed by atoms with E-state index in [1.54, 1.807) is 11.5 Å². The third-order valence-electron chi connectivity index (χ3n) is 4.79. The number of fused-ring (bicyclic) bond motifs is 1. The number of alkyl halides is 3. The molecule has 0 spiro atoms. The van der Waals surface area contributed by atoms with Gasteiger partial charge >= 0.3 is 6.18 Å². The van der Waals surface area contributed by atoms with E-state index in [4.69, 9.17) is 0 Å². The number of aromatic nitrogens is 3. The number of amides is 1. The Bertz CT molecular complexity index is 594. The van der Waals surface area contributed by atoms with Gasteiger partial charge in [-0.3, -0.25) is 10.1 Å². The molecule has 0 unspecified atom stereocenters. The van der Waals surface area contributed by atoms with E-state index in [9.17, 15) is 18.0 Å². The predicted octanol–water partition coefficient (Wildman–Crippen LogP) is 1.82. The van der Waals surface area contributed by atoms with Crippen molar-refractivity contribution in [3.05, 3.63) is 11.6 Å². The van der Waals surface area contributed by atoms with Crippen LogP contribution < -0.4 is 5.32 Å². The van der Waals surface area contributed by atoms with Crippen LogP contribution in [0.1, 0.15) is 50.2 Å². The second-order valence-electron chi connectivity index (χ2n) is 6.50. The molecule has 0 aromatic carbocycles. The average Bonchev–Trinajstić information content (AvgIpc) is 3.20. The summed E-state index contributed by atoms with van der Waals surface area (Å²) >= 11 is 0. The van der Waals surface area contributed by atoms with Crippen molar-refractivity contribution in [1.29, 1.82) is 0 Å². The Morgan fingerprint density at radius 2 is 1.96 bits per heavy atom. The lowest BCUT2D eigenvalue weighted by Gasteiger charge is -2.26. The minimum absolute atomic E-state index is 0.0101. The van der Waals surface area contributed by atoms with Crippen molar-refractivity contribution in [3.8, 4) is 0 Å². The quantitative estimate of drug-likeness (QED) is 0.904. The van der Waals surface area contributed by atoms with Crippen molar-refractivity contribution in [1.82, 2.24) is 25.0 Å². The third-order valence-corrected chi connectivity index (χ3v) is 4.79. The fraction of sp³-hybridized carbons (Fsp3) is 0.800. The van der Waals surface area contributed by atoms with Crippen LogP contribution in [0.2, 0.25) is 0 Å². The maximum Gasteiger partial charge on any atom is 0.398 e. The molecule has 134 valence electrons. The summed E-state index contributed by atoms with van der Waals surface area (Å²) < 4.78 is 40.8. The summed E-state index contributed by atoms with van der Waals surface area (Å²) in [6, 6.07) is -0.391. The van der Waals surface area contributed by atoms with Crippen molar-refractivity contribution in [2.45, 2.75) is 63.8 Å². The summed E-state index contributed by atoms with van der Waals surface area (Å²) in [5, 5.41) is 10.7. The second-order valence-corrected chi connectivity index (χ2v) is 6.50. The Hall–Kier alpha value is -1.64. The van der Waals surface area contributed by atoms with E-state index < -0.39 is 18.1 Å². The Morgan fingerprint density at radius 1 is 1.25 bits per heavy atom. The van der Waals surface area contributed by atoms with Crippen molar-refractivity contribution < 1.29 is 18.0 Å². The first-order chi connectivity index (χ1) is 11.4. The molecule has 9 heteroatoms. The summed E-state index contributed by atoms with van der Waals surface area (Å²) in [5.74, 6) is -1.07. The lowest BCUT2D eigenvalue weighted by Crippen LogP contribution is -2.43. The smallest absolute Gasteiger partial charge is 0.341 e. The Balaban J connectivity index is 1.64. The van der Waals surface area contributed by atoms with Crippen LogP contribution in [0.5, 0.6) is 0 Å². The van der Waals surface area contributed by atoms with Crippen LogP contribution in [0.3, 0.4) is 0 Å². The minimum Gasteiger partial charge on any atom is -0.341 e. The van der Waals surface area contributed by atoms with Gasteiger partial charge in [0.2, 0.25) is 5.91 Å². The number of halogens is 3. The summed E-state index contributed by atoms with van der Waals surface area (Å²) in [7, 11) is 0. The van der Waals surface area contributed by atoms with Gasteiger partial charge in [0.25, 0.3) is 0 Å². The van der Waals surface area contributed by atoms with Gasteiger partial charge < -0.3 is 9.47 Å². The van der Waals surface area contributed by atoms with Crippen molar-refractivity contribution >= 4 is 5.91 Å². The first kappa shape index (κ1) is 17.2. The molecule has 1 N–H and O–H groups in total. The zero-order valence-electron chi connectivity index (χ0n) is 13.6. The van der Waals surface area contributed by atoms with Gasteiger partial charge in [0.05, 0.1) is 12.6 Å². The van der Waals surface area contributed by atoms with Gasteiger partial charge in [-0.05, 0) is 32.6 Å². The number of nitrogens with one attached hydrogen (secondary N) is 1. The lowest BCUT2D eigenvalue weighted by molar-refractivity contribution is -0.156. The van der Waals surface area contributed by atoms with E-state index in [1.807, 2.05) is 4.90 Å². The van der Waals surface area contributed by atoms with Crippen LogP contribution in [0.15, 0.2) is 0 Å². The molecule has 3 rings (SSSR count). The molecule has 1 amide bonds. The summed E-state index contributed by atoms with van der Waals surface area (Å²) in [4.78, 5) is 14.1. The zero-order chi connectivity index (χ0) is 17.3. The molecular weight excluding hydrogens is 323 g/mol. The Morgan fingerprint density at radius 3 is 2.62 bits per heavy atom. The van der Waals surface area contributed by atoms with Gasteiger partial charge in [0.1, 0.15) is 17.6 Å². The molecule has 1 saturated heterocycles. The van der Waals surface area contributed by atoms with Gasteiger partial charge in [-0.25, -0.2) is 0 Å². The fourth-order valence-corrected chi connectivity index (χ4v) is 3.42. The topological polar surface area (TPSA) is 63.1 Å². The van der Waals surface area contributed by atoms with Crippen molar-refractivity contribution in [2.75, 3.05) is 13.1 Å². The molecule has 0 aliphatic carbocycles. The first-order valence-electron chi connectivity index (χ1n) is 8.39. The standard InChI is InChI=1S/C15H22F3N5O/c1-10(14(24)22-6-2-3-7-22)19-9-12-20-21-13-11(15(16,17)18)5-4-8-23(12)13/h10-11,19H,2-9H2,1H3/t10-,11-/m0/s1. The van der Waals surface area contributed by atoms with Crippen LogP contribution in [0.25, 0.3) is 0 Å². The summed E-state index contributed by atoms with van der Waals surface area (Å²) in [6.45, 7) is 4.04. The van der Waals surface area contributed by atoms with Crippen LogP contribution in [-0.2, 0) is 17.9 Å². The highest BCUT2D eigenvalue weighted by Gasteiger charge is 2.45. The highest BCUT2D eigenvalue weighted by Crippen LogP contribution is 2.40. The monoisotopic (exact) mass is 345 g/mol. The van der Waals surface area contributed by atoms with E-state index in [0.29, 0.717) is 18.8 Å². The van der Waals surface area contributed by atoms with Crippen LogP contribution in [-0.4, -0.2) is 50.9 Å². The number of carbonyl (C=O) groups is 1. The Kier molecular flexibility index (Phi) is 4.80. The molecule has 2 aliphatic rings. The van der Waals surface area contributed by atoms with Gasteiger partial charge in [-0.2, -0.15) is 13.2 Å². The molecule has 6 nitrogen and oxygen atoms in total. The van der Waals surface area contributed by atoms with Gasteiger partial charge in [0, 0.05) is 19.6 Å². The van der Waals surface area contributed by atoms with Crippen molar-refractivity contribution in [3.63, 3.8) is 0 Å². The molecule has 1 aromatic rings. The molecular formula is C15H22F3N5O. The molecule has 2 atom stereocenters. The SMILES string of the molecule is C[C@H](NCc1nnc2n1CCC[C@@H]2C(F)(F)F)C(=O)N1CCCC1. The molecule has 1 fully saturated rings. The molecule has 24 heavy (non-hydrogen) atoms. The molecule has 0 radical (unpaired) electrons. The molecule has 1 aromatic heterocycles. The van der Waals surface area contributed by atoms with Gasteiger partial charge in [-0.15, -0.1) is 10.2 Å². The number of nitrogens with zero attached hydrogens (tertiary/aromatic N) is 4. The maximum absolute atomic E-state index is 13.1. The van der Waals surface area contributed by atoms with Crippen LogP contribution in [0, 0.1) is 0 Å². The van der Waals surface area contributed by atoms with E-state index in [0.717, 1.165) is 25.9 Å². The number of hydrogen-bond donors (Lipinski definition) is 1. The minimum atomic E-state index is -4.30. The van der Waals surface area contributed by atoms with Gasteiger partial charge in [-0.1, -0.05) is 0 Å². The Labute approximate surface area is 138 Å². The maximum atomic E-state index is 13.1. The summed E-state index contributed by atoms with van der Waals surface area (Å²) in [5.41, 5.74) is 0. The third kappa shape index (κ3) is 3.40. The van der Waals surface area contributed by atoms with E-state index >= 15 is 0 Å². The zero-order valence-corrected chi connectivity index (χ0v) is 13.6. The molecule has 3 heterocycles. The van der Waals surface area contributed by atoms with Crippen LogP contribution >= 0.6 is 0 Å². The van der Waals surface area contributed by atoms with E-state index in [2.05, 4.69) is 15.5 Å². The highest BCUT2D eigenvalue weighted by molar-refractivity contribution is 5.81. The number of carbonyl (C=O) groups excluding carboxylic acids is 1. The number of hydrogen-bond acceptors (Lipinski definition) is 4. The molecule has 0 bridgehead atoms. The molecule has 0 saturated carbocycles. The fourth-order valence-electron chi connectivity index (χ4n) is 3.42. The molecule has 2 aliphatic heterocycles. The average molecular weight is 345 g/mol. The largest absolute Gasteiger partial charge is 0.398 e. The summed E-state index contributed by atoms with van der Waals surface area (Å²) in [6.07, 6.45) is -1.75. The second kappa shape index (κ2) is 6.70. The highest BCUT2D eigenvalue weighted by atomic mass is 19.4. The number of likely N-dealkylation sites (tertiary alicyclic amines) is 1. The van der Waals surface area contributed by atoms with Crippen LogP contribution in [0.4, 0.5) is 13.2 Å². The van der Waals surface area contributed by atoms with Gasteiger partial charge in [0.15, 0.2) is 0 Å². The van der Waals surface area contributed by atoms with E-state index in [1.165, 1.54) is 0 Å².